The molecule has 1 fully saturated rings. The minimum absolute atomic E-state index is 0.617. The summed E-state index contributed by atoms with van der Waals surface area (Å²) in [7, 11) is 0. The summed E-state index contributed by atoms with van der Waals surface area (Å²) in [5.41, 5.74) is 1.11. The quantitative estimate of drug-likeness (QED) is 0.843. The van der Waals surface area contributed by atoms with Gasteiger partial charge in [-0.15, -0.1) is 10.2 Å². The fourth-order valence-corrected chi connectivity index (χ4v) is 3.66. The molecule has 6 heteroatoms. The smallest absolute Gasteiger partial charge is 0.216 e. The van der Waals surface area contributed by atoms with Gasteiger partial charge in [0, 0.05) is 24.7 Å². The number of likely N-dealkylation sites (tertiary alicyclic amines) is 1. The van der Waals surface area contributed by atoms with Gasteiger partial charge in [0.2, 0.25) is 5.88 Å². The lowest BCUT2D eigenvalue weighted by Crippen LogP contribution is -2.35. The van der Waals surface area contributed by atoms with Crippen LogP contribution in [0.4, 0.5) is 0 Å². The summed E-state index contributed by atoms with van der Waals surface area (Å²) in [4.78, 5) is 6.81. The Hall–Kier alpha value is -1.95. The zero-order valence-electron chi connectivity index (χ0n) is 14.3. The Morgan fingerprint density at radius 1 is 1.21 bits per heavy atom. The molecule has 4 rings (SSSR count). The highest BCUT2D eigenvalue weighted by molar-refractivity contribution is 5.23. The number of hydrogen-bond donors (Lipinski definition) is 0. The van der Waals surface area contributed by atoms with Crippen LogP contribution in [0.2, 0.25) is 0 Å². The van der Waals surface area contributed by atoms with Gasteiger partial charge in [0.1, 0.15) is 11.6 Å². The molecule has 0 unspecified atom stereocenters. The van der Waals surface area contributed by atoms with Crippen LogP contribution in [-0.4, -0.2) is 44.3 Å². The van der Waals surface area contributed by atoms with Crippen LogP contribution in [0.3, 0.4) is 0 Å². The van der Waals surface area contributed by atoms with Crippen molar-refractivity contribution in [2.75, 3.05) is 19.7 Å². The largest absolute Gasteiger partial charge is 0.477 e. The summed E-state index contributed by atoms with van der Waals surface area (Å²) in [6, 6.07) is 3.99. The van der Waals surface area contributed by atoms with E-state index in [0.29, 0.717) is 5.92 Å². The van der Waals surface area contributed by atoms with E-state index in [1.165, 1.54) is 25.1 Å². The Labute approximate surface area is 142 Å². The van der Waals surface area contributed by atoms with E-state index in [4.69, 9.17) is 4.74 Å². The van der Waals surface area contributed by atoms with Crippen molar-refractivity contribution in [2.24, 2.45) is 5.92 Å². The molecule has 0 amide bonds. The van der Waals surface area contributed by atoms with Crippen LogP contribution in [0.5, 0.6) is 5.88 Å². The number of rotatable bonds is 5. The normalized spacial score (nSPS) is 18.7. The van der Waals surface area contributed by atoms with Gasteiger partial charge in [-0.2, -0.15) is 0 Å². The summed E-state index contributed by atoms with van der Waals surface area (Å²) in [5, 5.41) is 8.68. The first-order valence-corrected chi connectivity index (χ1v) is 8.97. The van der Waals surface area contributed by atoms with E-state index in [-0.39, 0.29) is 0 Å². The molecule has 0 aliphatic carbocycles. The molecule has 24 heavy (non-hydrogen) atoms. The molecule has 2 aromatic heterocycles. The van der Waals surface area contributed by atoms with Crippen molar-refractivity contribution < 1.29 is 4.74 Å². The first kappa shape index (κ1) is 15.6. The fourth-order valence-electron chi connectivity index (χ4n) is 3.66. The zero-order valence-corrected chi connectivity index (χ0v) is 14.3. The number of aryl methyl sites for hydroxylation is 2. The highest BCUT2D eigenvalue weighted by Gasteiger charge is 2.23. The lowest BCUT2D eigenvalue weighted by Gasteiger charge is -2.31. The Morgan fingerprint density at radius 2 is 2.08 bits per heavy atom. The standard InChI is InChI=1S/C18H25N5O/c1-14-4-2-8-19-18(14)24-13-15-6-10-22(11-7-15)12-17-21-20-16-5-3-9-23(16)17/h2,4,8,15H,3,5-7,9-13H2,1H3. The van der Waals surface area contributed by atoms with Crippen LogP contribution < -0.4 is 4.74 Å². The molecule has 2 aromatic rings. The third-order valence-electron chi connectivity index (χ3n) is 5.18. The van der Waals surface area contributed by atoms with Gasteiger partial charge in [-0.05, 0) is 51.3 Å². The number of pyridine rings is 1. The second-order valence-corrected chi connectivity index (χ2v) is 6.94. The Morgan fingerprint density at radius 3 is 2.92 bits per heavy atom. The fraction of sp³-hybridized carbons (Fsp3) is 0.611. The van der Waals surface area contributed by atoms with Crippen LogP contribution in [0.15, 0.2) is 18.3 Å². The van der Waals surface area contributed by atoms with Crippen molar-refractivity contribution in [3.8, 4) is 5.88 Å². The van der Waals surface area contributed by atoms with Gasteiger partial charge in [0.15, 0.2) is 0 Å². The first-order chi connectivity index (χ1) is 11.8. The third kappa shape index (κ3) is 3.29. The molecule has 0 spiro atoms. The molecule has 2 aliphatic rings. The van der Waals surface area contributed by atoms with E-state index in [1.54, 1.807) is 6.20 Å². The number of ether oxygens (including phenoxy) is 1. The second-order valence-electron chi connectivity index (χ2n) is 6.94. The van der Waals surface area contributed by atoms with Crippen molar-refractivity contribution in [3.05, 3.63) is 35.5 Å². The highest BCUT2D eigenvalue weighted by Crippen LogP contribution is 2.22. The predicted molar refractivity (Wildman–Crippen MR) is 90.8 cm³/mol. The predicted octanol–water partition coefficient (Wildman–Crippen LogP) is 2.22. The Balaban J connectivity index is 1.25. The van der Waals surface area contributed by atoms with E-state index in [1.807, 2.05) is 19.1 Å². The molecule has 0 atom stereocenters. The van der Waals surface area contributed by atoms with Crippen LogP contribution in [0.25, 0.3) is 0 Å². The average molecular weight is 327 g/mol. The second kappa shape index (κ2) is 6.89. The van der Waals surface area contributed by atoms with E-state index < -0.39 is 0 Å². The lowest BCUT2D eigenvalue weighted by atomic mass is 9.98. The number of aromatic nitrogens is 4. The van der Waals surface area contributed by atoms with Crippen molar-refractivity contribution in [3.63, 3.8) is 0 Å². The van der Waals surface area contributed by atoms with Crippen molar-refractivity contribution >= 4 is 0 Å². The van der Waals surface area contributed by atoms with E-state index in [2.05, 4.69) is 24.6 Å². The molecule has 0 radical (unpaired) electrons. The van der Waals surface area contributed by atoms with Gasteiger partial charge in [-0.25, -0.2) is 4.98 Å². The van der Waals surface area contributed by atoms with Gasteiger partial charge < -0.3 is 9.30 Å². The maximum Gasteiger partial charge on any atom is 0.216 e. The molecule has 1 saturated heterocycles. The Bertz CT molecular complexity index is 690. The summed E-state index contributed by atoms with van der Waals surface area (Å²) in [5.74, 6) is 3.70. The molecule has 0 N–H and O–H groups in total. The first-order valence-electron chi connectivity index (χ1n) is 8.97. The van der Waals surface area contributed by atoms with E-state index >= 15 is 0 Å². The van der Waals surface area contributed by atoms with Gasteiger partial charge in [0.05, 0.1) is 13.2 Å². The van der Waals surface area contributed by atoms with Crippen LogP contribution >= 0.6 is 0 Å². The lowest BCUT2D eigenvalue weighted by molar-refractivity contribution is 0.131. The van der Waals surface area contributed by atoms with Crippen LogP contribution in [0.1, 0.15) is 36.5 Å². The molecule has 6 nitrogen and oxygen atoms in total. The molecule has 0 saturated carbocycles. The summed E-state index contributed by atoms with van der Waals surface area (Å²) in [6.07, 6.45) is 6.44. The van der Waals surface area contributed by atoms with Crippen molar-refractivity contribution in [2.45, 2.75) is 45.7 Å². The summed E-state index contributed by atoms with van der Waals surface area (Å²) < 4.78 is 8.23. The summed E-state index contributed by atoms with van der Waals surface area (Å²) in [6.45, 7) is 7.05. The molecular weight excluding hydrogens is 302 g/mol. The van der Waals surface area contributed by atoms with Crippen molar-refractivity contribution in [1.82, 2.24) is 24.6 Å². The summed E-state index contributed by atoms with van der Waals surface area (Å²) >= 11 is 0. The SMILES string of the molecule is Cc1cccnc1OCC1CCN(Cc2nnc3n2CCC3)CC1. The van der Waals surface area contributed by atoms with Crippen molar-refractivity contribution in [1.29, 1.82) is 0 Å². The average Bonchev–Trinajstić information content (AvgIpc) is 3.21. The van der Waals surface area contributed by atoms with Gasteiger partial charge in [-0.3, -0.25) is 4.90 Å². The van der Waals surface area contributed by atoms with Gasteiger partial charge in [-0.1, -0.05) is 6.07 Å². The molecule has 2 aliphatic heterocycles. The number of nitrogens with zero attached hydrogens (tertiary/aromatic N) is 5. The number of fused-ring (bicyclic) bond motifs is 1. The van der Waals surface area contributed by atoms with E-state index in [9.17, 15) is 0 Å². The monoisotopic (exact) mass is 327 g/mol. The number of piperidine rings is 1. The third-order valence-corrected chi connectivity index (χ3v) is 5.18. The molecular formula is C18H25N5O. The maximum atomic E-state index is 5.92. The Kier molecular flexibility index (Phi) is 4.47. The molecule has 128 valence electrons. The van der Waals surface area contributed by atoms with Crippen LogP contribution in [-0.2, 0) is 19.5 Å². The molecule has 4 heterocycles. The molecule has 0 aromatic carbocycles. The highest BCUT2D eigenvalue weighted by atomic mass is 16.5. The zero-order chi connectivity index (χ0) is 16.4. The minimum Gasteiger partial charge on any atom is -0.477 e. The topological polar surface area (TPSA) is 56.1 Å². The van der Waals surface area contributed by atoms with Crippen LogP contribution in [0, 0.1) is 12.8 Å². The number of hydrogen-bond acceptors (Lipinski definition) is 5. The van der Waals surface area contributed by atoms with Gasteiger partial charge in [0.25, 0.3) is 0 Å². The maximum absolute atomic E-state index is 5.92. The minimum atomic E-state index is 0.617. The van der Waals surface area contributed by atoms with E-state index in [0.717, 1.165) is 56.5 Å². The van der Waals surface area contributed by atoms with Gasteiger partial charge >= 0.3 is 0 Å². The molecule has 0 bridgehead atoms.